The van der Waals surface area contributed by atoms with Crippen LogP contribution in [0.25, 0.3) is 0 Å². The van der Waals surface area contributed by atoms with Crippen LogP contribution in [0, 0.1) is 0 Å². The molecule has 0 saturated heterocycles. The Hall–Kier alpha value is -0.610. The first-order chi connectivity index (χ1) is 4.19. The highest BCUT2D eigenvalue weighted by atomic mass is 17.1. The van der Waals surface area contributed by atoms with Crippen LogP contribution in [0.15, 0.2) is 0 Å². The second-order valence-electron chi connectivity index (χ2n) is 2.26. The van der Waals surface area contributed by atoms with Gasteiger partial charge in [0, 0.05) is 0 Å². The Kier molecular flexibility index (Phi) is 1.42. The summed E-state index contributed by atoms with van der Waals surface area (Å²) >= 11 is 0. The second-order valence-corrected chi connectivity index (χ2v) is 2.26. The van der Waals surface area contributed by atoms with Crippen LogP contribution in [0.5, 0.6) is 0 Å². The maximum absolute atomic E-state index is 10.4. The zero-order valence-electron chi connectivity index (χ0n) is 4.83. The number of rotatable bonds is 1. The summed E-state index contributed by atoms with van der Waals surface area (Å²) < 4.78 is 0. The van der Waals surface area contributed by atoms with Crippen LogP contribution >= 0.6 is 0 Å². The maximum atomic E-state index is 10.4. The number of carbonyl (C=O) groups excluding carboxylic acids is 1. The van der Waals surface area contributed by atoms with E-state index in [9.17, 15) is 4.79 Å². The lowest BCUT2D eigenvalue weighted by Crippen LogP contribution is -2.45. The predicted molar refractivity (Wildman–Crippen MR) is 27.5 cm³/mol. The fourth-order valence-corrected chi connectivity index (χ4v) is 0.801. The highest BCUT2D eigenvalue weighted by molar-refractivity contribution is 5.79. The van der Waals surface area contributed by atoms with Gasteiger partial charge in [0.2, 0.25) is 0 Å². The van der Waals surface area contributed by atoms with Crippen molar-refractivity contribution in [2.75, 3.05) is 0 Å². The summed E-state index contributed by atoms with van der Waals surface area (Å²) in [6.45, 7) is 0. The van der Waals surface area contributed by atoms with Crippen molar-refractivity contribution < 1.29 is 20.0 Å². The molecule has 52 valence electrons. The molecule has 1 aliphatic rings. The molecule has 0 bridgehead atoms. The largest absolute Gasteiger partial charge is 0.378 e. The van der Waals surface area contributed by atoms with E-state index in [0.29, 0.717) is 12.8 Å². The molecule has 2 N–H and O–H groups in total. The van der Waals surface area contributed by atoms with Crippen molar-refractivity contribution in [3.63, 3.8) is 0 Å². The van der Waals surface area contributed by atoms with E-state index >= 15 is 0 Å². The Balaban J connectivity index is 2.49. The van der Waals surface area contributed by atoms with Crippen LogP contribution in [-0.4, -0.2) is 21.9 Å². The summed E-state index contributed by atoms with van der Waals surface area (Å²) in [6, 6.07) is 0. The molecule has 0 aliphatic heterocycles. The Morgan fingerprint density at radius 1 is 1.56 bits per heavy atom. The minimum Gasteiger partial charge on any atom is -0.378 e. The number of hydrogen-bond donors (Lipinski definition) is 2. The number of aliphatic hydroxyl groups is 1. The molecule has 0 aromatic carbocycles. The third kappa shape index (κ3) is 0.906. The molecule has 0 atom stereocenters. The normalized spacial score (nSPS) is 22.4. The van der Waals surface area contributed by atoms with Crippen LogP contribution in [0.4, 0.5) is 0 Å². The van der Waals surface area contributed by atoms with Crippen LogP contribution in [0.3, 0.4) is 0 Å². The summed E-state index contributed by atoms with van der Waals surface area (Å²) in [7, 11) is 0. The predicted octanol–water partition coefficient (Wildman–Crippen LogP) is -0.0824. The molecular weight excluding hydrogens is 124 g/mol. The molecule has 4 nitrogen and oxygen atoms in total. The van der Waals surface area contributed by atoms with Gasteiger partial charge in [0.1, 0.15) is 0 Å². The third-order valence-corrected chi connectivity index (χ3v) is 1.64. The van der Waals surface area contributed by atoms with Gasteiger partial charge in [-0.15, -0.1) is 0 Å². The van der Waals surface area contributed by atoms with Gasteiger partial charge in [-0.25, -0.2) is 4.79 Å². The minimum atomic E-state index is -1.38. The van der Waals surface area contributed by atoms with E-state index in [1.807, 2.05) is 0 Å². The molecular formula is C5H8O4. The Morgan fingerprint density at radius 2 is 2.11 bits per heavy atom. The van der Waals surface area contributed by atoms with Crippen LogP contribution in [-0.2, 0) is 9.68 Å². The van der Waals surface area contributed by atoms with Crippen LogP contribution < -0.4 is 0 Å². The van der Waals surface area contributed by atoms with E-state index in [-0.39, 0.29) is 0 Å². The fraction of sp³-hybridized carbons (Fsp3) is 0.800. The van der Waals surface area contributed by atoms with E-state index in [2.05, 4.69) is 4.89 Å². The average molecular weight is 132 g/mol. The van der Waals surface area contributed by atoms with Crippen molar-refractivity contribution in [2.24, 2.45) is 0 Å². The lowest BCUT2D eigenvalue weighted by molar-refractivity contribution is -0.257. The smallest absolute Gasteiger partial charge is 0.373 e. The first-order valence-electron chi connectivity index (χ1n) is 2.77. The molecule has 1 rings (SSSR count). The SMILES string of the molecule is O=C(OO)C1(O)CCC1. The van der Waals surface area contributed by atoms with Crippen LogP contribution in [0.2, 0.25) is 0 Å². The third-order valence-electron chi connectivity index (χ3n) is 1.64. The average Bonchev–Trinajstić information content (AvgIpc) is 1.81. The van der Waals surface area contributed by atoms with E-state index in [1.54, 1.807) is 0 Å². The van der Waals surface area contributed by atoms with Gasteiger partial charge in [-0.1, -0.05) is 0 Å². The van der Waals surface area contributed by atoms with E-state index < -0.39 is 11.6 Å². The molecule has 1 fully saturated rings. The zero-order chi connectivity index (χ0) is 6.91. The first kappa shape index (κ1) is 6.51. The van der Waals surface area contributed by atoms with E-state index in [4.69, 9.17) is 10.4 Å². The summed E-state index contributed by atoms with van der Waals surface area (Å²) in [5.74, 6) is -0.936. The van der Waals surface area contributed by atoms with Gasteiger partial charge in [0.15, 0.2) is 5.60 Å². The van der Waals surface area contributed by atoms with Gasteiger partial charge >= 0.3 is 5.97 Å². The lowest BCUT2D eigenvalue weighted by Gasteiger charge is -2.31. The zero-order valence-corrected chi connectivity index (χ0v) is 4.83. The molecule has 0 radical (unpaired) electrons. The van der Waals surface area contributed by atoms with Crippen LogP contribution in [0.1, 0.15) is 19.3 Å². The highest BCUT2D eigenvalue weighted by Crippen LogP contribution is 2.32. The Bertz CT molecular complexity index is 127. The molecule has 4 heteroatoms. The van der Waals surface area contributed by atoms with Gasteiger partial charge in [0.05, 0.1) is 0 Å². The minimum absolute atomic E-state index is 0.395. The molecule has 0 unspecified atom stereocenters. The summed E-state index contributed by atoms with van der Waals surface area (Å²) in [5, 5.41) is 16.9. The first-order valence-corrected chi connectivity index (χ1v) is 2.77. The van der Waals surface area contributed by atoms with Crippen molar-refractivity contribution in [1.82, 2.24) is 0 Å². The Morgan fingerprint density at radius 3 is 2.22 bits per heavy atom. The summed E-state index contributed by atoms with van der Waals surface area (Å²) in [6.07, 6.45) is 1.60. The molecule has 0 spiro atoms. The van der Waals surface area contributed by atoms with Gasteiger partial charge < -0.3 is 5.11 Å². The topological polar surface area (TPSA) is 66.8 Å². The quantitative estimate of drug-likeness (QED) is 0.386. The summed E-state index contributed by atoms with van der Waals surface area (Å²) in [5.41, 5.74) is -1.38. The molecule has 1 aliphatic carbocycles. The van der Waals surface area contributed by atoms with Crippen molar-refractivity contribution in [3.05, 3.63) is 0 Å². The molecule has 0 heterocycles. The number of carbonyl (C=O) groups is 1. The highest BCUT2D eigenvalue weighted by Gasteiger charge is 2.44. The van der Waals surface area contributed by atoms with Crippen molar-refractivity contribution in [3.8, 4) is 0 Å². The molecule has 1 saturated carbocycles. The van der Waals surface area contributed by atoms with E-state index in [0.717, 1.165) is 6.42 Å². The monoisotopic (exact) mass is 132 g/mol. The number of hydrogen-bond acceptors (Lipinski definition) is 4. The molecule has 0 amide bonds. The van der Waals surface area contributed by atoms with Crippen molar-refractivity contribution in [1.29, 1.82) is 0 Å². The van der Waals surface area contributed by atoms with Gasteiger partial charge in [0.25, 0.3) is 0 Å². The molecule has 0 aromatic rings. The summed E-state index contributed by atoms with van der Waals surface area (Å²) in [4.78, 5) is 13.8. The molecule has 0 aromatic heterocycles. The van der Waals surface area contributed by atoms with Crippen molar-refractivity contribution >= 4 is 5.97 Å². The fourth-order valence-electron chi connectivity index (χ4n) is 0.801. The lowest BCUT2D eigenvalue weighted by atomic mass is 9.80. The van der Waals surface area contributed by atoms with Gasteiger partial charge in [-0.05, 0) is 19.3 Å². The molecule has 9 heavy (non-hydrogen) atoms. The van der Waals surface area contributed by atoms with Gasteiger partial charge in [-0.2, -0.15) is 5.26 Å². The Labute approximate surface area is 52.0 Å². The standard InChI is InChI=1S/C5H8O4/c6-4(9-8)5(7)2-1-3-5/h7-8H,1-3H2. The second kappa shape index (κ2) is 1.97. The van der Waals surface area contributed by atoms with Gasteiger partial charge in [-0.3, -0.25) is 4.89 Å². The van der Waals surface area contributed by atoms with Crippen molar-refractivity contribution in [2.45, 2.75) is 24.9 Å². The van der Waals surface area contributed by atoms with E-state index in [1.165, 1.54) is 0 Å². The maximum Gasteiger partial charge on any atom is 0.373 e.